The van der Waals surface area contributed by atoms with Crippen LogP contribution in [0.5, 0.6) is 11.5 Å². The third-order valence-corrected chi connectivity index (χ3v) is 7.12. The van der Waals surface area contributed by atoms with Crippen LogP contribution in [0.25, 0.3) is 0 Å². The molecule has 4 heterocycles. The van der Waals surface area contributed by atoms with Crippen molar-refractivity contribution in [2.45, 2.75) is 19.0 Å². The highest BCUT2D eigenvalue weighted by Crippen LogP contribution is 2.38. The molecule has 184 valence electrons. The predicted octanol–water partition coefficient (Wildman–Crippen LogP) is 2.90. The van der Waals surface area contributed by atoms with Gasteiger partial charge in [-0.25, -0.2) is 4.98 Å². The molecule has 3 aromatic rings. The number of fused-ring (bicyclic) bond motifs is 4. The van der Waals surface area contributed by atoms with E-state index in [2.05, 4.69) is 20.1 Å². The fourth-order valence-corrected chi connectivity index (χ4v) is 5.34. The lowest BCUT2D eigenvalue weighted by Gasteiger charge is -2.49. The van der Waals surface area contributed by atoms with Crippen molar-refractivity contribution >= 4 is 23.1 Å². The van der Waals surface area contributed by atoms with Crippen LogP contribution in [0, 0.1) is 16.0 Å². The zero-order valence-electron chi connectivity index (χ0n) is 19.5. The predicted molar refractivity (Wildman–Crippen MR) is 132 cm³/mol. The van der Waals surface area contributed by atoms with Crippen molar-refractivity contribution in [3.63, 3.8) is 0 Å². The van der Waals surface area contributed by atoms with Gasteiger partial charge in [0, 0.05) is 50.2 Å². The number of nitro groups is 1. The van der Waals surface area contributed by atoms with Crippen LogP contribution < -0.4 is 24.6 Å². The van der Waals surface area contributed by atoms with Crippen LogP contribution in [0.15, 0.2) is 60.8 Å². The number of nitrogens with zero attached hydrogens (tertiary/aromatic N) is 4. The van der Waals surface area contributed by atoms with E-state index in [1.54, 1.807) is 18.3 Å². The maximum absolute atomic E-state index is 13.6. The monoisotopic (exact) mass is 487 g/mol. The first kappa shape index (κ1) is 22.1. The highest BCUT2D eigenvalue weighted by Gasteiger charge is 2.42. The highest BCUT2D eigenvalue weighted by molar-refractivity contribution is 5.82. The molecule has 6 rings (SSSR count). The summed E-state index contributed by atoms with van der Waals surface area (Å²) >= 11 is 0. The Kier molecular flexibility index (Phi) is 5.55. The van der Waals surface area contributed by atoms with E-state index < -0.39 is 0 Å². The van der Waals surface area contributed by atoms with Gasteiger partial charge in [0.25, 0.3) is 5.69 Å². The molecular weight excluding hydrogens is 462 g/mol. The number of benzene rings is 2. The molecule has 10 nitrogen and oxygen atoms in total. The number of non-ortho nitro benzene ring substituents is 1. The standard InChI is InChI=1S/C26H25N5O5/c32-26(28-14-17-4-7-23-24(11-17)36-16-35-23)20-13-18-12-19(31(33)34)5-6-21(18)30-10-9-29(15-22(20)30)25-3-1-2-8-27-25/h1-8,11-12,20,22H,9-10,13-16H2,(H,28,32)/t20-,22+/m1/s1. The number of rotatable bonds is 5. The summed E-state index contributed by atoms with van der Waals surface area (Å²) in [6.07, 6.45) is 2.20. The minimum atomic E-state index is -0.389. The van der Waals surface area contributed by atoms with Crippen molar-refractivity contribution in [2.24, 2.45) is 5.92 Å². The first-order valence-corrected chi connectivity index (χ1v) is 11.9. The zero-order valence-corrected chi connectivity index (χ0v) is 19.5. The second-order valence-corrected chi connectivity index (χ2v) is 9.18. The number of anilines is 2. The molecule has 1 N–H and O–H groups in total. The summed E-state index contributed by atoms with van der Waals surface area (Å²) in [6, 6.07) is 16.3. The molecule has 3 aliphatic heterocycles. The van der Waals surface area contributed by atoms with Crippen molar-refractivity contribution in [1.29, 1.82) is 0 Å². The fraction of sp³-hybridized carbons (Fsp3) is 0.308. The molecule has 0 bridgehead atoms. The van der Waals surface area contributed by atoms with Gasteiger partial charge in [0.05, 0.1) is 16.9 Å². The van der Waals surface area contributed by atoms with E-state index in [9.17, 15) is 14.9 Å². The number of ether oxygens (including phenoxy) is 2. The molecular formula is C26H25N5O5. The number of nitrogens with one attached hydrogen (secondary N) is 1. The van der Waals surface area contributed by atoms with Crippen LogP contribution >= 0.6 is 0 Å². The van der Waals surface area contributed by atoms with Crippen molar-refractivity contribution in [2.75, 3.05) is 36.2 Å². The van der Waals surface area contributed by atoms with Crippen molar-refractivity contribution in [3.8, 4) is 11.5 Å². The molecule has 0 unspecified atom stereocenters. The number of carbonyl (C=O) groups is 1. The van der Waals surface area contributed by atoms with Crippen LogP contribution in [0.2, 0.25) is 0 Å². The molecule has 1 aromatic heterocycles. The molecule has 10 heteroatoms. The molecule has 1 fully saturated rings. The van der Waals surface area contributed by atoms with E-state index in [4.69, 9.17) is 9.47 Å². The molecule has 0 radical (unpaired) electrons. The topological polar surface area (TPSA) is 110 Å². The molecule has 0 spiro atoms. The van der Waals surface area contributed by atoms with E-state index in [0.717, 1.165) is 29.2 Å². The number of hydrogen-bond acceptors (Lipinski definition) is 8. The van der Waals surface area contributed by atoms with Gasteiger partial charge in [-0.3, -0.25) is 14.9 Å². The van der Waals surface area contributed by atoms with Gasteiger partial charge in [-0.2, -0.15) is 0 Å². The lowest BCUT2D eigenvalue weighted by atomic mass is 9.83. The number of aromatic nitrogens is 1. The Morgan fingerprint density at radius 2 is 2.00 bits per heavy atom. The van der Waals surface area contributed by atoms with E-state index in [1.165, 1.54) is 0 Å². The van der Waals surface area contributed by atoms with Gasteiger partial charge in [-0.1, -0.05) is 12.1 Å². The van der Waals surface area contributed by atoms with Gasteiger partial charge in [-0.05, 0) is 47.9 Å². The summed E-state index contributed by atoms with van der Waals surface area (Å²) < 4.78 is 10.8. The Hall–Kier alpha value is -4.34. The van der Waals surface area contributed by atoms with Crippen LogP contribution in [0.1, 0.15) is 11.1 Å². The molecule has 1 amide bonds. The maximum atomic E-state index is 13.6. The van der Waals surface area contributed by atoms with Gasteiger partial charge >= 0.3 is 0 Å². The van der Waals surface area contributed by atoms with Crippen LogP contribution in [0.3, 0.4) is 0 Å². The first-order valence-electron chi connectivity index (χ1n) is 11.9. The Labute approximate surface area is 207 Å². The van der Waals surface area contributed by atoms with Crippen molar-refractivity contribution < 1.29 is 19.2 Å². The molecule has 0 aliphatic carbocycles. The summed E-state index contributed by atoms with van der Waals surface area (Å²) in [5.41, 5.74) is 2.75. The van der Waals surface area contributed by atoms with Gasteiger partial charge in [0.15, 0.2) is 11.5 Å². The maximum Gasteiger partial charge on any atom is 0.269 e. The number of carbonyl (C=O) groups excluding carboxylic acids is 1. The summed E-state index contributed by atoms with van der Waals surface area (Å²) in [4.78, 5) is 33.5. The van der Waals surface area contributed by atoms with Gasteiger partial charge in [-0.15, -0.1) is 0 Å². The van der Waals surface area contributed by atoms with Gasteiger partial charge in [0.2, 0.25) is 12.7 Å². The largest absolute Gasteiger partial charge is 0.454 e. The molecule has 1 saturated heterocycles. The fourth-order valence-electron chi connectivity index (χ4n) is 5.34. The smallest absolute Gasteiger partial charge is 0.269 e. The van der Waals surface area contributed by atoms with E-state index >= 15 is 0 Å². The van der Waals surface area contributed by atoms with Gasteiger partial charge in [0.1, 0.15) is 5.82 Å². The SMILES string of the molecule is O=C(NCc1ccc2c(c1)OCO2)[C@@H]1Cc2cc([N+](=O)[O-])ccc2N2CCN(c3ccccn3)C[C@@H]12. The third kappa shape index (κ3) is 4.04. The number of amides is 1. The van der Waals surface area contributed by atoms with Crippen molar-refractivity contribution in [3.05, 3.63) is 82.0 Å². The van der Waals surface area contributed by atoms with Crippen LogP contribution in [0.4, 0.5) is 17.2 Å². The molecule has 2 aromatic carbocycles. The summed E-state index contributed by atoms with van der Waals surface area (Å²) in [5, 5.41) is 14.5. The first-order chi connectivity index (χ1) is 17.6. The van der Waals surface area contributed by atoms with E-state index in [1.807, 2.05) is 42.5 Å². The summed E-state index contributed by atoms with van der Waals surface area (Å²) in [6.45, 7) is 2.62. The minimum Gasteiger partial charge on any atom is -0.454 e. The third-order valence-electron chi connectivity index (χ3n) is 7.12. The Bertz CT molecular complexity index is 1320. The average Bonchev–Trinajstić information content (AvgIpc) is 3.39. The Morgan fingerprint density at radius 3 is 2.83 bits per heavy atom. The van der Waals surface area contributed by atoms with Crippen LogP contribution in [-0.4, -0.2) is 48.3 Å². The average molecular weight is 488 g/mol. The lowest BCUT2D eigenvalue weighted by Crippen LogP contribution is -2.61. The summed E-state index contributed by atoms with van der Waals surface area (Å²) in [7, 11) is 0. The number of hydrogen-bond donors (Lipinski definition) is 1. The molecule has 3 aliphatic rings. The molecule has 36 heavy (non-hydrogen) atoms. The number of nitro benzene ring substituents is 1. The van der Waals surface area contributed by atoms with E-state index in [0.29, 0.717) is 37.6 Å². The van der Waals surface area contributed by atoms with Crippen molar-refractivity contribution in [1.82, 2.24) is 10.3 Å². The minimum absolute atomic E-state index is 0.0406. The second-order valence-electron chi connectivity index (χ2n) is 9.18. The zero-order chi connectivity index (χ0) is 24.6. The summed E-state index contributed by atoms with van der Waals surface area (Å²) in [5.74, 6) is 1.79. The molecule has 0 saturated carbocycles. The van der Waals surface area contributed by atoms with Crippen LogP contribution in [-0.2, 0) is 17.8 Å². The lowest BCUT2D eigenvalue weighted by molar-refractivity contribution is -0.384. The normalized spacial score (nSPS) is 19.9. The number of pyridine rings is 1. The molecule has 2 atom stereocenters. The highest BCUT2D eigenvalue weighted by atomic mass is 16.7. The van der Waals surface area contributed by atoms with Gasteiger partial charge < -0.3 is 24.6 Å². The Morgan fingerprint density at radius 1 is 1.11 bits per heavy atom. The quantitative estimate of drug-likeness (QED) is 0.432. The second kappa shape index (κ2) is 9.03. The van der Waals surface area contributed by atoms with E-state index in [-0.39, 0.29) is 35.3 Å². The number of piperazine rings is 1. The Balaban J connectivity index is 1.26.